The molecular formula is C26H23F2N3O2. The topological polar surface area (TPSA) is 53.9 Å². The molecular weight excluding hydrogens is 424 g/mol. The lowest BCUT2D eigenvalue weighted by atomic mass is 9.90. The van der Waals surface area contributed by atoms with E-state index in [1.165, 1.54) is 29.3 Å². The average Bonchev–Trinajstić information content (AvgIpc) is 3.34. The molecule has 2 heterocycles. The molecule has 0 fully saturated rings. The Morgan fingerprint density at radius 1 is 1.03 bits per heavy atom. The maximum Gasteiger partial charge on any atom is 0.342 e. The van der Waals surface area contributed by atoms with Crippen LogP contribution in [0.15, 0.2) is 71.8 Å². The molecule has 5 rings (SSSR count). The van der Waals surface area contributed by atoms with Crippen LogP contribution in [0.3, 0.4) is 0 Å². The van der Waals surface area contributed by atoms with Gasteiger partial charge in [0.2, 0.25) is 0 Å². The zero-order valence-electron chi connectivity index (χ0n) is 18.3. The fourth-order valence-corrected chi connectivity index (χ4v) is 4.34. The van der Waals surface area contributed by atoms with E-state index in [2.05, 4.69) is 10.4 Å². The van der Waals surface area contributed by atoms with Crippen LogP contribution in [0.25, 0.3) is 0 Å². The van der Waals surface area contributed by atoms with Crippen molar-refractivity contribution < 1.29 is 18.3 Å². The number of carbonyl (C=O) groups excluding carboxylic acids is 1. The zero-order valence-corrected chi connectivity index (χ0v) is 18.3. The highest BCUT2D eigenvalue weighted by molar-refractivity contribution is 6.07. The molecule has 2 aliphatic rings. The maximum atomic E-state index is 13.5. The van der Waals surface area contributed by atoms with Crippen molar-refractivity contribution in [2.24, 2.45) is 5.10 Å². The lowest BCUT2D eigenvalue weighted by Crippen LogP contribution is -2.30. The fraction of sp³-hybridized carbons (Fsp3) is 0.231. The van der Waals surface area contributed by atoms with Crippen LogP contribution in [0.1, 0.15) is 36.5 Å². The van der Waals surface area contributed by atoms with E-state index in [0.29, 0.717) is 17.0 Å². The van der Waals surface area contributed by atoms with Gasteiger partial charge in [-0.3, -0.25) is 0 Å². The van der Waals surface area contributed by atoms with Gasteiger partial charge in [0.1, 0.15) is 23.0 Å². The molecule has 0 saturated carbocycles. The van der Waals surface area contributed by atoms with Crippen LogP contribution >= 0.6 is 0 Å². The molecule has 7 heteroatoms. The molecule has 5 nitrogen and oxygen atoms in total. The minimum atomic E-state index is -0.377. The average molecular weight is 447 g/mol. The van der Waals surface area contributed by atoms with Gasteiger partial charge < -0.3 is 10.1 Å². The molecule has 2 amide bonds. The Balaban J connectivity index is 1.40. The van der Waals surface area contributed by atoms with Gasteiger partial charge >= 0.3 is 6.03 Å². The predicted octanol–water partition coefficient (Wildman–Crippen LogP) is 5.71. The summed E-state index contributed by atoms with van der Waals surface area (Å²) >= 11 is 0. The number of nitrogens with zero attached hydrogens (tertiary/aromatic N) is 2. The minimum absolute atomic E-state index is 0.267. The van der Waals surface area contributed by atoms with Gasteiger partial charge in [0, 0.05) is 23.6 Å². The number of fused-ring (bicyclic) bond motifs is 1. The Morgan fingerprint density at radius 2 is 1.70 bits per heavy atom. The van der Waals surface area contributed by atoms with E-state index < -0.39 is 0 Å². The molecule has 3 aromatic carbocycles. The van der Waals surface area contributed by atoms with Gasteiger partial charge in [0.15, 0.2) is 0 Å². The molecule has 1 N–H and O–H groups in total. The first-order valence-corrected chi connectivity index (χ1v) is 10.8. The van der Waals surface area contributed by atoms with Crippen molar-refractivity contribution in [3.63, 3.8) is 0 Å². The Labute approximate surface area is 190 Å². The molecule has 0 aromatic heterocycles. The molecule has 0 aliphatic carbocycles. The SMILES string of the molecule is CC1(C)Cc2cc(NC(=O)N3CC(c4ccc(F)cc4)C(c4ccc(F)cc4)=N3)ccc2O1. The monoisotopic (exact) mass is 447 g/mol. The van der Waals surface area contributed by atoms with Crippen LogP contribution in [-0.2, 0) is 6.42 Å². The van der Waals surface area contributed by atoms with Crippen LogP contribution < -0.4 is 10.1 Å². The summed E-state index contributed by atoms with van der Waals surface area (Å²) in [5, 5.41) is 8.83. The van der Waals surface area contributed by atoms with Crippen molar-refractivity contribution in [1.82, 2.24) is 5.01 Å². The molecule has 0 saturated heterocycles. The first-order valence-electron chi connectivity index (χ1n) is 10.8. The third-order valence-corrected chi connectivity index (χ3v) is 5.87. The molecule has 33 heavy (non-hydrogen) atoms. The summed E-state index contributed by atoms with van der Waals surface area (Å²) in [5.74, 6) is -0.132. The fourth-order valence-electron chi connectivity index (χ4n) is 4.34. The number of carbonyl (C=O) groups is 1. The van der Waals surface area contributed by atoms with Crippen molar-refractivity contribution in [3.05, 3.63) is 95.1 Å². The van der Waals surface area contributed by atoms with Crippen molar-refractivity contribution in [2.75, 3.05) is 11.9 Å². The Bertz CT molecular complexity index is 1240. The van der Waals surface area contributed by atoms with Crippen LogP contribution in [0.5, 0.6) is 5.75 Å². The third kappa shape index (κ3) is 4.31. The maximum absolute atomic E-state index is 13.5. The highest BCUT2D eigenvalue weighted by Crippen LogP contribution is 2.36. The number of hydrogen-bond acceptors (Lipinski definition) is 3. The van der Waals surface area contributed by atoms with E-state index in [0.717, 1.165) is 23.3 Å². The summed E-state index contributed by atoms with van der Waals surface area (Å²) in [6.07, 6.45) is 0.759. The molecule has 0 bridgehead atoms. The minimum Gasteiger partial charge on any atom is -0.487 e. The number of hydrogen-bond donors (Lipinski definition) is 1. The number of ether oxygens (including phenoxy) is 1. The second-order valence-corrected chi connectivity index (χ2v) is 8.97. The number of hydrazone groups is 1. The molecule has 0 spiro atoms. The standard InChI is InChI=1S/C26H23F2N3O2/c1-26(2)14-18-13-21(11-12-23(18)33-26)29-25(32)31-15-22(16-3-7-19(27)8-4-16)24(30-31)17-5-9-20(28)10-6-17/h3-13,22H,14-15H2,1-2H3,(H,29,32). The van der Waals surface area contributed by atoms with E-state index in [4.69, 9.17) is 4.74 Å². The van der Waals surface area contributed by atoms with Gasteiger partial charge in [-0.1, -0.05) is 24.3 Å². The van der Waals surface area contributed by atoms with Gasteiger partial charge in [-0.15, -0.1) is 0 Å². The number of nitrogens with one attached hydrogen (secondary N) is 1. The highest BCUT2D eigenvalue weighted by atomic mass is 19.1. The largest absolute Gasteiger partial charge is 0.487 e. The van der Waals surface area contributed by atoms with E-state index in [9.17, 15) is 13.6 Å². The first-order chi connectivity index (χ1) is 15.8. The molecule has 3 aromatic rings. The van der Waals surface area contributed by atoms with Gasteiger partial charge in [-0.2, -0.15) is 5.10 Å². The lowest BCUT2D eigenvalue weighted by Gasteiger charge is -2.16. The zero-order chi connectivity index (χ0) is 23.2. The summed E-state index contributed by atoms with van der Waals surface area (Å²) in [7, 11) is 0. The summed E-state index contributed by atoms with van der Waals surface area (Å²) in [4.78, 5) is 13.1. The molecule has 1 unspecified atom stereocenters. The van der Waals surface area contributed by atoms with Crippen LogP contribution in [0, 0.1) is 11.6 Å². The lowest BCUT2D eigenvalue weighted by molar-refractivity contribution is 0.138. The Morgan fingerprint density at radius 3 is 2.39 bits per heavy atom. The van der Waals surface area contributed by atoms with Crippen molar-refractivity contribution in [1.29, 1.82) is 0 Å². The molecule has 0 radical (unpaired) electrons. The van der Waals surface area contributed by atoms with Gasteiger partial charge in [0.25, 0.3) is 0 Å². The smallest absolute Gasteiger partial charge is 0.342 e. The van der Waals surface area contributed by atoms with Gasteiger partial charge in [0.05, 0.1) is 12.3 Å². The van der Waals surface area contributed by atoms with Gasteiger partial charge in [-0.25, -0.2) is 18.6 Å². The number of rotatable bonds is 3. The van der Waals surface area contributed by atoms with E-state index >= 15 is 0 Å². The molecule has 2 aliphatic heterocycles. The highest BCUT2D eigenvalue weighted by Gasteiger charge is 2.33. The quantitative estimate of drug-likeness (QED) is 0.559. The second-order valence-electron chi connectivity index (χ2n) is 8.97. The van der Waals surface area contributed by atoms with Crippen molar-refractivity contribution in [2.45, 2.75) is 31.8 Å². The molecule has 168 valence electrons. The van der Waals surface area contributed by atoms with Crippen molar-refractivity contribution in [3.8, 4) is 5.75 Å². The van der Waals surface area contributed by atoms with Crippen molar-refractivity contribution >= 4 is 17.4 Å². The first kappa shape index (κ1) is 21.1. The number of benzene rings is 3. The number of anilines is 1. The molecule has 1 atom stereocenters. The van der Waals surface area contributed by atoms with E-state index in [-0.39, 0.29) is 35.7 Å². The third-order valence-electron chi connectivity index (χ3n) is 5.87. The Hall–Kier alpha value is -3.74. The number of amides is 2. The second kappa shape index (κ2) is 7.99. The summed E-state index contributed by atoms with van der Waals surface area (Å²) in [6, 6.07) is 17.3. The normalized spacial score (nSPS) is 18.5. The van der Waals surface area contributed by atoms with E-state index in [1.54, 1.807) is 30.3 Å². The van der Waals surface area contributed by atoms with Crippen LogP contribution in [0.4, 0.5) is 19.3 Å². The van der Waals surface area contributed by atoms with E-state index in [1.807, 2.05) is 26.0 Å². The summed E-state index contributed by atoms with van der Waals surface area (Å²) in [6.45, 7) is 4.33. The van der Waals surface area contributed by atoms with Crippen LogP contribution in [0.2, 0.25) is 0 Å². The Kier molecular flexibility index (Phi) is 5.12. The number of halogens is 2. The summed E-state index contributed by atoms with van der Waals surface area (Å²) in [5.41, 5.74) is 3.59. The number of urea groups is 1. The summed E-state index contributed by atoms with van der Waals surface area (Å²) < 4.78 is 32.8. The van der Waals surface area contributed by atoms with Crippen LogP contribution in [-0.4, -0.2) is 28.9 Å². The van der Waals surface area contributed by atoms with Gasteiger partial charge in [-0.05, 0) is 67.4 Å². The predicted molar refractivity (Wildman–Crippen MR) is 123 cm³/mol.